The molecule has 0 radical (unpaired) electrons. The summed E-state index contributed by atoms with van der Waals surface area (Å²) < 4.78 is 36.1. The van der Waals surface area contributed by atoms with E-state index in [0.29, 0.717) is 6.61 Å². The van der Waals surface area contributed by atoms with Gasteiger partial charge in [-0.1, -0.05) is 0 Å². The van der Waals surface area contributed by atoms with E-state index in [1.165, 1.54) is 0 Å². The Kier molecular flexibility index (Phi) is 6.17. The summed E-state index contributed by atoms with van der Waals surface area (Å²) in [6, 6.07) is 0. The minimum absolute atomic E-state index is 0.195. The van der Waals surface area contributed by atoms with Crippen LogP contribution in [0.4, 0.5) is 0 Å². The molecule has 2 aliphatic heterocycles. The van der Waals surface area contributed by atoms with E-state index in [4.69, 9.17) is 27.6 Å². The van der Waals surface area contributed by atoms with Crippen LogP contribution in [0.15, 0.2) is 0 Å². The van der Waals surface area contributed by atoms with Crippen LogP contribution in [0.2, 0.25) is 46.1 Å². The van der Waals surface area contributed by atoms with Crippen LogP contribution in [-0.2, 0) is 27.6 Å². The summed E-state index contributed by atoms with van der Waals surface area (Å²) in [6.07, 6.45) is -1.35. The Hall–Kier alpha value is 0.259. The number of methoxy groups -OCH3 is 1. The monoisotopic (exact) mass is 362 g/mol. The maximum absolute atomic E-state index is 6.48. The molecule has 2 fully saturated rings. The molecule has 0 aromatic rings. The second kappa shape index (κ2) is 7.25. The predicted octanol–water partition coefficient (Wildman–Crippen LogP) is 2.33. The van der Waals surface area contributed by atoms with Crippen molar-refractivity contribution in [3.63, 3.8) is 0 Å². The average molecular weight is 362 g/mol. The van der Waals surface area contributed by atoms with Gasteiger partial charge in [-0.05, 0) is 46.1 Å². The molecule has 134 valence electrons. The van der Waals surface area contributed by atoms with E-state index in [1.807, 2.05) is 6.82 Å². The molecule has 0 amide bonds. The summed E-state index contributed by atoms with van der Waals surface area (Å²) in [7, 11) is -2.23. The van der Waals surface area contributed by atoms with Crippen molar-refractivity contribution in [1.29, 1.82) is 0 Å². The molecule has 0 spiro atoms. The molecule has 2 heterocycles. The molecule has 0 aromatic heterocycles. The van der Waals surface area contributed by atoms with Crippen LogP contribution < -0.4 is 0 Å². The van der Waals surface area contributed by atoms with Crippen molar-refractivity contribution >= 4 is 23.8 Å². The van der Waals surface area contributed by atoms with Crippen molar-refractivity contribution < 1.29 is 27.6 Å². The van der Waals surface area contributed by atoms with Gasteiger partial charge in [0.25, 0.3) is 0 Å². The molecular weight excluding hydrogens is 331 g/mol. The summed E-state index contributed by atoms with van der Waals surface area (Å²) in [6.45, 7) is 15.4. The van der Waals surface area contributed by atoms with Crippen LogP contribution >= 0.6 is 0 Å². The fourth-order valence-electron chi connectivity index (χ4n) is 2.93. The molecule has 23 heavy (non-hydrogen) atoms. The number of hydrogen-bond donors (Lipinski definition) is 0. The Morgan fingerprint density at radius 3 is 2.04 bits per heavy atom. The second-order valence-electron chi connectivity index (χ2n) is 8.17. The van der Waals surface area contributed by atoms with Gasteiger partial charge in [0.1, 0.15) is 18.3 Å². The lowest BCUT2D eigenvalue weighted by Gasteiger charge is -2.51. The molecule has 2 aliphatic rings. The summed E-state index contributed by atoms with van der Waals surface area (Å²) in [5, 5.41) is 0. The summed E-state index contributed by atoms with van der Waals surface area (Å²) in [5.74, 6) is 0. The zero-order valence-electron chi connectivity index (χ0n) is 15.6. The normalized spacial score (nSPS) is 36.0. The molecule has 0 N–H and O–H groups in total. The van der Waals surface area contributed by atoms with Crippen LogP contribution in [0.5, 0.6) is 0 Å². The molecule has 0 unspecified atom stereocenters. The standard InChI is InChI=1S/C14H31BO6Si2/c1-15-17-9-10-11(19-15)12(20-22(3,4)5)13(14(16-2)18-10)21-23(6,7)8/h10-14H,9H2,1-8H3/t10-,11+,12+,13-,14+/m1/s1. The summed E-state index contributed by atoms with van der Waals surface area (Å²) in [4.78, 5) is 0. The number of rotatable bonds is 5. The van der Waals surface area contributed by atoms with Crippen LogP contribution in [0.1, 0.15) is 0 Å². The predicted molar refractivity (Wildman–Crippen MR) is 94.6 cm³/mol. The highest BCUT2D eigenvalue weighted by molar-refractivity contribution is 6.70. The van der Waals surface area contributed by atoms with Gasteiger partial charge in [-0.2, -0.15) is 0 Å². The smallest absolute Gasteiger partial charge is 0.409 e. The third-order valence-corrected chi connectivity index (χ3v) is 5.61. The van der Waals surface area contributed by atoms with Crippen molar-refractivity contribution in [2.45, 2.75) is 76.8 Å². The molecule has 0 saturated carbocycles. The highest BCUT2D eigenvalue weighted by Gasteiger charge is 2.52. The van der Waals surface area contributed by atoms with E-state index in [9.17, 15) is 0 Å². The van der Waals surface area contributed by atoms with Crippen molar-refractivity contribution in [1.82, 2.24) is 0 Å². The highest BCUT2D eigenvalue weighted by Crippen LogP contribution is 2.34. The van der Waals surface area contributed by atoms with E-state index >= 15 is 0 Å². The average Bonchev–Trinajstić information content (AvgIpc) is 2.38. The van der Waals surface area contributed by atoms with Crippen LogP contribution in [0.3, 0.4) is 0 Å². The van der Waals surface area contributed by atoms with Crippen molar-refractivity contribution in [3.8, 4) is 0 Å². The first-order chi connectivity index (χ1) is 10.5. The lowest BCUT2D eigenvalue weighted by atomic mass is 9.88. The summed E-state index contributed by atoms with van der Waals surface area (Å²) >= 11 is 0. The minimum Gasteiger partial charge on any atom is -0.409 e. The van der Waals surface area contributed by atoms with E-state index in [2.05, 4.69) is 39.3 Å². The van der Waals surface area contributed by atoms with E-state index in [0.717, 1.165) is 0 Å². The molecule has 0 aliphatic carbocycles. The van der Waals surface area contributed by atoms with Gasteiger partial charge in [0, 0.05) is 7.11 Å². The van der Waals surface area contributed by atoms with Crippen molar-refractivity contribution in [2.75, 3.05) is 13.7 Å². The Morgan fingerprint density at radius 2 is 1.52 bits per heavy atom. The van der Waals surface area contributed by atoms with E-state index in [1.54, 1.807) is 7.11 Å². The lowest BCUT2D eigenvalue weighted by Crippen LogP contribution is -2.67. The number of fused-ring (bicyclic) bond motifs is 1. The topological polar surface area (TPSA) is 55.4 Å². The first-order valence-electron chi connectivity index (χ1n) is 8.31. The van der Waals surface area contributed by atoms with Gasteiger partial charge in [0.15, 0.2) is 22.9 Å². The maximum Gasteiger partial charge on any atom is 0.453 e. The Balaban J connectivity index is 2.29. The first-order valence-corrected chi connectivity index (χ1v) is 15.1. The number of hydrogen-bond acceptors (Lipinski definition) is 6. The van der Waals surface area contributed by atoms with Gasteiger partial charge in [0.05, 0.1) is 12.7 Å². The lowest BCUT2D eigenvalue weighted by molar-refractivity contribution is -0.292. The molecule has 9 heteroatoms. The van der Waals surface area contributed by atoms with Crippen LogP contribution in [-0.4, -0.2) is 68.2 Å². The highest BCUT2D eigenvalue weighted by atomic mass is 28.4. The maximum atomic E-state index is 6.48. The second-order valence-corrected chi connectivity index (χ2v) is 17.1. The fourth-order valence-corrected chi connectivity index (χ4v) is 5.08. The van der Waals surface area contributed by atoms with Gasteiger partial charge < -0.3 is 27.6 Å². The van der Waals surface area contributed by atoms with Crippen LogP contribution in [0.25, 0.3) is 0 Å². The Bertz CT molecular complexity index is 400. The van der Waals surface area contributed by atoms with Gasteiger partial charge in [-0.3, -0.25) is 0 Å². The van der Waals surface area contributed by atoms with Crippen LogP contribution in [0, 0.1) is 0 Å². The Morgan fingerprint density at radius 1 is 0.957 bits per heavy atom. The van der Waals surface area contributed by atoms with E-state index < -0.39 is 22.9 Å². The Labute approximate surface area is 142 Å². The third kappa shape index (κ3) is 5.37. The largest absolute Gasteiger partial charge is 0.453 e. The third-order valence-electron chi connectivity index (χ3n) is 3.65. The SMILES string of the molecule is CO[C@H]1O[C@@H]2COB(C)O[C@@H]2[C@H](O[Si](C)(C)C)[C@H]1O[Si](C)(C)C. The zero-order chi connectivity index (χ0) is 17.4. The zero-order valence-corrected chi connectivity index (χ0v) is 17.6. The molecule has 6 nitrogen and oxygen atoms in total. The van der Waals surface area contributed by atoms with Gasteiger partial charge in [-0.15, -0.1) is 0 Å². The number of ether oxygens (including phenoxy) is 2. The van der Waals surface area contributed by atoms with Gasteiger partial charge in [0.2, 0.25) is 0 Å². The molecule has 2 rings (SSSR count). The van der Waals surface area contributed by atoms with Crippen molar-refractivity contribution in [3.05, 3.63) is 0 Å². The molecule has 5 atom stereocenters. The van der Waals surface area contributed by atoms with Gasteiger partial charge in [-0.25, -0.2) is 0 Å². The molecular formula is C14H31BO6Si2. The van der Waals surface area contributed by atoms with Gasteiger partial charge >= 0.3 is 7.12 Å². The molecule has 0 bridgehead atoms. The van der Waals surface area contributed by atoms with Crippen molar-refractivity contribution in [2.24, 2.45) is 0 Å². The molecule has 0 aromatic carbocycles. The first kappa shape index (κ1) is 19.6. The fraction of sp³-hybridized carbons (Fsp3) is 1.00. The minimum atomic E-state index is -1.80. The summed E-state index contributed by atoms with van der Waals surface area (Å²) in [5.41, 5.74) is 0. The molecule has 2 saturated heterocycles. The van der Waals surface area contributed by atoms with E-state index in [-0.39, 0.29) is 31.5 Å². The quantitative estimate of drug-likeness (QED) is 0.700.